The molecule has 0 aliphatic heterocycles. The fourth-order valence-corrected chi connectivity index (χ4v) is 2.54. The number of nitrogens with zero attached hydrogens (tertiary/aromatic N) is 1. The monoisotopic (exact) mass is 515 g/mol. The molecule has 2 rings (SSSR count). The van der Waals surface area contributed by atoms with E-state index >= 15 is 0 Å². The molecule has 0 fully saturated rings. The standard InChI is InChI=1S/C21H29N3O4.HI/c1-22-21(24-15-16-6-11-19(26-3)20(14-16)27-4)23-12-5-13-28-18-9-7-17(25-2)8-10-18;/h6-11,14H,5,12-13,15H2,1-4H3,(H2,22,23,24);1H. The van der Waals surface area contributed by atoms with Gasteiger partial charge in [0.15, 0.2) is 17.5 Å². The SMILES string of the molecule is CN=C(NCCCOc1ccc(OC)cc1)NCc1ccc(OC)c(OC)c1.I. The second-order valence-corrected chi connectivity index (χ2v) is 5.92. The van der Waals surface area contributed by atoms with Crippen molar-refractivity contribution in [3.63, 3.8) is 0 Å². The van der Waals surface area contributed by atoms with Gasteiger partial charge >= 0.3 is 0 Å². The lowest BCUT2D eigenvalue weighted by Gasteiger charge is -2.14. The first-order valence-corrected chi connectivity index (χ1v) is 9.12. The average molecular weight is 515 g/mol. The molecular formula is C21H30IN3O4. The molecule has 0 heterocycles. The molecule has 0 unspecified atom stereocenters. The van der Waals surface area contributed by atoms with E-state index in [-0.39, 0.29) is 24.0 Å². The minimum Gasteiger partial charge on any atom is -0.497 e. The molecule has 2 aromatic rings. The first-order chi connectivity index (χ1) is 13.7. The zero-order chi connectivity index (χ0) is 20.2. The molecule has 0 amide bonds. The molecule has 0 aliphatic carbocycles. The second kappa shape index (κ2) is 13.8. The number of ether oxygens (including phenoxy) is 4. The quantitative estimate of drug-likeness (QED) is 0.219. The Bertz CT molecular complexity index is 754. The summed E-state index contributed by atoms with van der Waals surface area (Å²) in [6.45, 7) is 2.00. The Kier molecular flexibility index (Phi) is 11.7. The Morgan fingerprint density at radius 1 is 0.862 bits per heavy atom. The van der Waals surface area contributed by atoms with Crippen LogP contribution in [0.15, 0.2) is 47.5 Å². The number of benzene rings is 2. The number of hydrogen-bond donors (Lipinski definition) is 2. The van der Waals surface area contributed by atoms with Crippen LogP contribution >= 0.6 is 24.0 Å². The molecule has 0 saturated carbocycles. The summed E-state index contributed by atoms with van der Waals surface area (Å²) < 4.78 is 21.4. The third-order valence-corrected chi connectivity index (χ3v) is 4.07. The number of hydrogen-bond acceptors (Lipinski definition) is 5. The number of aliphatic imine (C=N–C) groups is 1. The molecule has 0 spiro atoms. The van der Waals surface area contributed by atoms with Crippen molar-refractivity contribution in [1.82, 2.24) is 10.6 Å². The fraction of sp³-hybridized carbons (Fsp3) is 0.381. The first kappa shape index (κ1) is 24.7. The summed E-state index contributed by atoms with van der Waals surface area (Å²) in [6, 6.07) is 13.4. The van der Waals surface area contributed by atoms with Gasteiger partial charge in [-0.05, 0) is 48.4 Å². The van der Waals surface area contributed by atoms with Crippen LogP contribution in [0.2, 0.25) is 0 Å². The molecule has 160 valence electrons. The summed E-state index contributed by atoms with van der Waals surface area (Å²) in [7, 11) is 6.65. The molecule has 0 aliphatic rings. The van der Waals surface area contributed by atoms with Crippen LogP contribution in [-0.2, 0) is 6.54 Å². The highest BCUT2D eigenvalue weighted by molar-refractivity contribution is 14.0. The van der Waals surface area contributed by atoms with Crippen LogP contribution in [0.5, 0.6) is 23.0 Å². The van der Waals surface area contributed by atoms with Gasteiger partial charge in [-0.15, -0.1) is 24.0 Å². The van der Waals surface area contributed by atoms with Gasteiger partial charge in [-0.3, -0.25) is 4.99 Å². The van der Waals surface area contributed by atoms with E-state index in [2.05, 4.69) is 15.6 Å². The second-order valence-electron chi connectivity index (χ2n) is 5.92. The third kappa shape index (κ3) is 8.26. The number of guanidine groups is 1. The molecule has 29 heavy (non-hydrogen) atoms. The molecule has 0 bridgehead atoms. The van der Waals surface area contributed by atoms with E-state index in [0.717, 1.165) is 36.0 Å². The average Bonchev–Trinajstić information content (AvgIpc) is 2.75. The van der Waals surface area contributed by atoms with Crippen molar-refractivity contribution in [3.8, 4) is 23.0 Å². The van der Waals surface area contributed by atoms with Crippen LogP contribution in [0.4, 0.5) is 0 Å². The van der Waals surface area contributed by atoms with Crippen molar-refractivity contribution in [2.45, 2.75) is 13.0 Å². The van der Waals surface area contributed by atoms with Gasteiger partial charge in [-0.2, -0.15) is 0 Å². The summed E-state index contributed by atoms with van der Waals surface area (Å²) in [6.07, 6.45) is 0.850. The lowest BCUT2D eigenvalue weighted by molar-refractivity contribution is 0.310. The van der Waals surface area contributed by atoms with Crippen LogP contribution < -0.4 is 29.6 Å². The Hall–Kier alpha value is -2.36. The maximum absolute atomic E-state index is 5.72. The lowest BCUT2D eigenvalue weighted by atomic mass is 10.2. The van der Waals surface area contributed by atoms with Gasteiger partial charge in [-0.25, -0.2) is 0 Å². The molecule has 0 radical (unpaired) electrons. The Morgan fingerprint density at radius 3 is 2.17 bits per heavy atom. The Morgan fingerprint density at radius 2 is 1.55 bits per heavy atom. The van der Waals surface area contributed by atoms with Gasteiger partial charge in [0.1, 0.15) is 11.5 Å². The van der Waals surface area contributed by atoms with E-state index in [1.807, 2.05) is 42.5 Å². The number of rotatable bonds is 10. The van der Waals surface area contributed by atoms with Crippen molar-refractivity contribution < 1.29 is 18.9 Å². The van der Waals surface area contributed by atoms with Crippen molar-refractivity contribution in [3.05, 3.63) is 48.0 Å². The normalized spacial score (nSPS) is 10.6. The molecule has 0 aromatic heterocycles. The Balaban J connectivity index is 0.00000420. The largest absolute Gasteiger partial charge is 0.497 e. The van der Waals surface area contributed by atoms with E-state index in [1.165, 1.54) is 0 Å². The molecule has 0 saturated heterocycles. The summed E-state index contributed by atoms with van der Waals surface area (Å²) in [5.74, 6) is 3.81. The van der Waals surface area contributed by atoms with Gasteiger partial charge in [-0.1, -0.05) is 6.07 Å². The van der Waals surface area contributed by atoms with Crippen LogP contribution in [0.1, 0.15) is 12.0 Å². The number of methoxy groups -OCH3 is 3. The highest BCUT2D eigenvalue weighted by Gasteiger charge is 2.05. The lowest BCUT2D eigenvalue weighted by Crippen LogP contribution is -2.37. The molecular weight excluding hydrogens is 485 g/mol. The summed E-state index contributed by atoms with van der Waals surface area (Å²) in [4.78, 5) is 4.24. The van der Waals surface area contributed by atoms with E-state index < -0.39 is 0 Å². The minimum atomic E-state index is 0. The Labute approximate surface area is 189 Å². The zero-order valence-corrected chi connectivity index (χ0v) is 19.7. The van der Waals surface area contributed by atoms with Crippen LogP contribution in [0.3, 0.4) is 0 Å². The van der Waals surface area contributed by atoms with Gasteiger partial charge in [0, 0.05) is 20.1 Å². The minimum absolute atomic E-state index is 0. The molecule has 8 heteroatoms. The maximum Gasteiger partial charge on any atom is 0.191 e. The van der Waals surface area contributed by atoms with Gasteiger partial charge in [0.25, 0.3) is 0 Å². The first-order valence-electron chi connectivity index (χ1n) is 9.12. The summed E-state index contributed by atoms with van der Waals surface area (Å²) in [5.41, 5.74) is 1.07. The fourth-order valence-electron chi connectivity index (χ4n) is 2.54. The van der Waals surface area contributed by atoms with E-state index in [0.29, 0.717) is 24.7 Å². The van der Waals surface area contributed by atoms with Crippen molar-refractivity contribution in [2.75, 3.05) is 41.5 Å². The number of halogens is 1. The van der Waals surface area contributed by atoms with E-state index in [4.69, 9.17) is 18.9 Å². The molecule has 7 nitrogen and oxygen atoms in total. The summed E-state index contributed by atoms with van der Waals surface area (Å²) in [5, 5.41) is 6.56. The molecule has 2 aromatic carbocycles. The van der Waals surface area contributed by atoms with Gasteiger partial charge in [0.2, 0.25) is 0 Å². The topological polar surface area (TPSA) is 73.3 Å². The van der Waals surface area contributed by atoms with Crippen LogP contribution in [0, 0.1) is 0 Å². The predicted molar refractivity (Wildman–Crippen MR) is 126 cm³/mol. The third-order valence-electron chi connectivity index (χ3n) is 4.07. The highest BCUT2D eigenvalue weighted by Crippen LogP contribution is 2.27. The number of nitrogens with one attached hydrogen (secondary N) is 2. The van der Waals surface area contributed by atoms with Crippen LogP contribution in [0.25, 0.3) is 0 Å². The summed E-state index contributed by atoms with van der Waals surface area (Å²) >= 11 is 0. The van der Waals surface area contributed by atoms with Crippen molar-refractivity contribution >= 4 is 29.9 Å². The maximum atomic E-state index is 5.72. The smallest absolute Gasteiger partial charge is 0.191 e. The van der Waals surface area contributed by atoms with Gasteiger partial charge < -0.3 is 29.6 Å². The van der Waals surface area contributed by atoms with E-state index in [1.54, 1.807) is 28.4 Å². The molecule has 2 N–H and O–H groups in total. The van der Waals surface area contributed by atoms with Gasteiger partial charge in [0.05, 0.1) is 27.9 Å². The van der Waals surface area contributed by atoms with Crippen molar-refractivity contribution in [2.24, 2.45) is 4.99 Å². The zero-order valence-electron chi connectivity index (χ0n) is 17.4. The van der Waals surface area contributed by atoms with Crippen molar-refractivity contribution in [1.29, 1.82) is 0 Å². The molecule has 0 atom stereocenters. The predicted octanol–water partition coefficient (Wildman–Crippen LogP) is 3.46. The van der Waals surface area contributed by atoms with Crippen LogP contribution in [-0.4, -0.2) is 47.5 Å². The van der Waals surface area contributed by atoms with E-state index in [9.17, 15) is 0 Å². The highest BCUT2D eigenvalue weighted by atomic mass is 127.